The Balaban J connectivity index is 1.79. The first-order valence-corrected chi connectivity index (χ1v) is 11.2. The van der Waals surface area contributed by atoms with Crippen molar-refractivity contribution in [3.05, 3.63) is 41.7 Å². The van der Waals surface area contributed by atoms with Gasteiger partial charge in [0.2, 0.25) is 0 Å². The van der Waals surface area contributed by atoms with E-state index in [-0.39, 0.29) is 11.9 Å². The highest BCUT2D eigenvalue weighted by Crippen LogP contribution is 2.39. The predicted molar refractivity (Wildman–Crippen MR) is 113 cm³/mol. The predicted octanol–water partition coefficient (Wildman–Crippen LogP) is 4.97. The highest BCUT2D eigenvalue weighted by molar-refractivity contribution is 5.96. The van der Waals surface area contributed by atoms with E-state index in [0.29, 0.717) is 24.5 Å². The number of nitrogens with zero attached hydrogens (tertiary/aromatic N) is 1. The molecule has 1 aromatic heterocycles. The van der Waals surface area contributed by atoms with Gasteiger partial charge in [-0.2, -0.15) is 0 Å². The fourth-order valence-corrected chi connectivity index (χ4v) is 4.86. The van der Waals surface area contributed by atoms with E-state index in [1.165, 1.54) is 51.2 Å². The van der Waals surface area contributed by atoms with Crippen molar-refractivity contribution in [2.75, 3.05) is 7.11 Å². The fraction of sp³-hybridized carbons (Fsp3) is 0.625. The van der Waals surface area contributed by atoms with Crippen molar-refractivity contribution in [1.29, 1.82) is 0 Å². The van der Waals surface area contributed by atoms with Crippen LogP contribution < -0.4 is 5.32 Å². The molecule has 5 heteroatoms. The summed E-state index contributed by atoms with van der Waals surface area (Å²) in [6.45, 7) is 0. The number of allylic oxidation sites excluding steroid dienone is 2. The monoisotopic (exact) mass is 398 g/mol. The Bertz CT molecular complexity index is 716. The summed E-state index contributed by atoms with van der Waals surface area (Å²) >= 11 is 0. The zero-order chi connectivity index (χ0) is 20.5. The minimum absolute atomic E-state index is 0.309. The molecule has 2 aliphatic carbocycles. The Hall–Kier alpha value is -2.17. The molecule has 158 valence electrons. The van der Waals surface area contributed by atoms with Gasteiger partial charge in [-0.05, 0) is 69.4 Å². The third-order valence-electron chi connectivity index (χ3n) is 6.43. The number of hydrogen-bond donors (Lipinski definition) is 1. The number of hydrogen-bond acceptors (Lipinski definition) is 4. The molecule has 3 rings (SSSR count). The van der Waals surface area contributed by atoms with E-state index >= 15 is 0 Å². The van der Waals surface area contributed by atoms with Crippen LogP contribution in [0.5, 0.6) is 0 Å². The van der Waals surface area contributed by atoms with Gasteiger partial charge in [0.15, 0.2) is 0 Å². The van der Waals surface area contributed by atoms with Crippen molar-refractivity contribution in [2.24, 2.45) is 5.92 Å². The molecule has 0 aromatic carbocycles. The molecule has 5 nitrogen and oxygen atoms in total. The van der Waals surface area contributed by atoms with Crippen LogP contribution in [0.3, 0.4) is 0 Å². The summed E-state index contributed by atoms with van der Waals surface area (Å²) < 4.78 is 5.15. The van der Waals surface area contributed by atoms with E-state index < -0.39 is 5.54 Å². The topological polar surface area (TPSA) is 68.3 Å². The van der Waals surface area contributed by atoms with Crippen LogP contribution in [0.25, 0.3) is 0 Å². The Morgan fingerprint density at radius 1 is 1.10 bits per heavy atom. The molecule has 0 aliphatic heterocycles. The van der Waals surface area contributed by atoms with Gasteiger partial charge in [-0.3, -0.25) is 9.78 Å². The third kappa shape index (κ3) is 5.68. The van der Waals surface area contributed by atoms with E-state index in [2.05, 4.69) is 16.4 Å². The number of carbonyl (C=O) groups is 2. The lowest BCUT2D eigenvalue weighted by Crippen LogP contribution is -2.57. The second kappa shape index (κ2) is 10.6. The standard InChI is InChI=1S/C24H34N2O3/c1-29-23(28)24(26-22(27)21-15-9-10-17-25-21)16-11-14-20(18-24)19-12-7-5-3-2-4-6-8-13-19/h9-10,12,15,17,20H,2-8,11,13-14,16,18H2,1H3,(H,26,27)/b19-12+. The van der Waals surface area contributed by atoms with Crippen LogP contribution >= 0.6 is 0 Å². The third-order valence-corrected chi connectivity index (χ3v) is 6.43. The normalized spacial score (nSPS) is 27.9. The van der Waals surface area contributed by atoms with Gasteiger partial charge >= 0.3 is 5.97 Å². The summed E-state index contributed by atoms with van der Waals surface area (Å²) in [5.41, 5.74) is 0.838. The van der Waals surface area contributed by atoms with E-state index in [4.69, 9.17) is 4.74 Å². The molecule has 1 aromatic rings. The van der Waals surface area contributed by atoms with Gasteiger partial charge in [0, 0.05) is 6.20 Å². The van der Waals surface area contributed by atoms with Crippen LogP contribution in [0.4, 0.5) is 0 Å². The molecule has 1 fully saturated rings. The fourth-order valence-electron chi connectivity index (χ4n) is 4.86. The number of methoxy groups -OCH3 is 1. The first-order valence-electron chi connectivity index (χ1n) is 11.2. The zero-order valence-corrected chi connectivity index (χ0v) is 17.6. The molecular weight excluding hydrogens is 364 g/mol. The van der Waals surface area contributed by atoms with Gasteiger partial charge in [-0.15, -0.1) is 0 Å². The first-order chi connectivity index (χ1) is 14.1. The first kappa shape index (κ1) is 21.5. The summed E-state index contributed by atoms with van der Waals surface area (Å²) in [5, 5.41) is 3.02. The number of rotatable bonds is 4. The summed E-state index contributed by atoms with van der Waals surface area (Å²) in [5.74, 6) is -0.324. The average Bonchev–Trinajstić information content (AvgIpc) is 2.77. The minimum Gasteiger partial charge on any atom is -0.467 e. The number of pyridine rings is 1. The molecule has 0 spiro atoms. The van der Waals surface area contributed by atoms with Crippen LogP contribution in [0.15, 0.2) is 36.0 Å². The number of aromatic nitrogens is 1. The molecule has 1 heterocycles. The van der Waals surface area contributed by atoms with Gasteiger partial charge < -0.3 is 10.1 Å². The molecule has 1 amide bonds. The Morgan fingerprint density at radius 3 is 2.66 bits per heavy atom. The summed E-state index contributed by atoms with van der Waals surface area (Å²) in [6.07, 6.45) is 17.2. The summed E-state index contributed by atoms with van der Waals surface area (Å²) in [7, 11) is 1.41. The van der Waals surface area contributed by atoms with Gasteiger partial charge in [-0.1, -0.05) is 43.4 Å². The molecule has 2 atom stereocenters. The van der Waals surface area contributed by atoms with E-state index in [0.717, 1.165) is 25.7 Å². The quantitative estimate of drug-likeness (QED) is 0.574. The van der Waals surface area contributed by atoms with Gasteiger partial charge in [-0.25, -0.2) is 4.79 Å². The summed E-state index contributed by atoms with van der Waals surface area (Å²) in [4.78, 5) is 29.8. The van der Waals surface area contributed by atoms with Crippen molar-refractivity contribution < 1.29 is 14.3 Å². The average molecular weight is 399 g/mol. The Morgan fingerprint density at radius 2 is 1.90 bits per heavy atom. The Labute approximate surface area is 174 Å². The van der Waals surface area contributed by atoms with E-state index in [9.17, 15) is 9.59 Å². The second-order valence-electron chi connectivity index (χ2n) is 8.48. The molecule has 29 heavy (non-hydrogen) atoms. The highest BCUT2D eigenvalue weighted by Gasteiger charge is 2.46. The van der Waals surface area contributed by atoms with Crippen LogP contribution in [-0.4, -0.2) is 29.5 Å². The zero-order valence-electron chi connectivity index (χ0n) is 17.6. The van der Waals surface area contributed by atoms with Gasteiger partial charge in [0.25, 0.3) is 5.91 Å². The second-order valence-corrected chi connectivity index (χ2v) is 8.48. The lowest BCUT2D eigenvalue weighted by molar-refractivity contribution is -0.150. The highest BCUT2D eigenvalue weighted by atomic mass is 16.5. The molecule has 0 saturated heterocycles. The maximum absolute atomic E-state index is 12.8. The molecule has 1 saturated carbocycles. The van der Waals surface area contributed by atoms with Crippen molar-refractivity contribution in [2.45, 2.75) is 82.6 Å². The van der Waals surface area contributed by atoms with Crippen LogP contribution in [0, 0.1) is 5.92 Å². The number of ether oxygens (including phenoxy) is 1. The molecule has 2 aliphatic rings. The maximum atomic E-state index is 12.8. The van der Waals surface area contributed by atoms with Crippen molar-refractivity contribution in [3.63, 3.8) is 0 Å². The largest absolute Gasteiger partial charge is 0.467 e. The van der Waals surface area contributed by atoms with Crippen molar-refractivity contribution in [1.82, 2.24) is 10.3 Å². The minimum atomic E-state index is -0.970. The van der Waals surface area contributed by atoms with Gasteiger partial charge in [0.05, 0.1) is 7.11 Å². The van der Waals surface area contributed by atoms with Crippen molar-refractivity contribution in [3.8, 4) is 0 Å². The molecule has 2 unspecified atom stereocenters. The van der Waals surface area contributed by atoms with E-state index in [1.54, 1.807) is 24.4 Å². The van der Waals surface area contributed by atoms with E-state index in [1.807, 2.05) is 0 Å². The number of amides is 1. The molecule has 0 radical (unpaired) electrons. The number of esters is 1. The summed E-state index contributed by atoms with van der Waals surface area (Å²) in [6, 6.07) is 5.22. The molecule has 0 bridgehead atoms. The van der Waals surface area contributed by atoms with Crippen LogP contribution in [-0.2, 0) is 9.53 Å². The smallest absolute Gasteiger partial charge is 0.331 e. The number of nitrogens with one attached hydrogen (secondary N) is 1. The van der Waals surface area contributed by atoms with Crippen LogP contribution in [0.1, 0.15) is 87.5 Å². The molecular formula is C24H34N2O3. The number of carbonyl (C=O) groups excluding carboxylic acids is 2. The SMILES string of the molecule is COC(=O)C1(NC(=O)c2ccccn2)CCCC(/C2=C/CCCCCCCC2)C1. The van der Waals surface area contributed by atoms with Crippen molar-refractivity contribution >= 4 is 11.9 Å². The lowest BCUT2D eigenvalue weighted by Gasteiger charge is -2.40. The maximum Gasteiger partial charge on any atom is 0.331 e. The molecule has 1 N–H and O–H groups in total. The Kier molecular flexibility index (Phi) is 7.84. The van der Waals surface area contributed by atoms with Crippen LogP contribution in [0.2, 0.25) is 0 Å². The lowest BCUT2D eigenvalue weighted by atomic mass is 9.71. The van der Waals surface area contributed by atoms with Gasteiger partial charge in [0.1, 0.15) is 11.2 Å².